The van der Waals surface area contributed by atoms with Gasteiger partial charge in [-0.2, -0.15) is 4.98 Å². The molecule has 3 nitrogen and oxygen atoms in total. The molecule has 0 atom stereocenters. The number of anilines is 2. The molecule has 18 heavy (non-hydrogen) atoms. The van der Waals surface area contributed by atoms with Crippen molar-refractivity contribution < 1.29 is 4.39 Å². The Bertz CT molecular complexity index is 615. The molecule has 0 amide bonds. The first-order valence-electron chi connectivity index (χ1n) is 5.70. The van der Waals surface area contributed by atoms with Crippen molar-refractivity contribution in [2.45, 2.75) is 13.3 Å². The van der Waals surface area contributed by atoms with Gasteiger partial charge in [0, 0.05) is 24.0 Å². The molecule has 0 bridgehead atoms. The predicted molar refractivity (Wildman–Crippen MR) is 68.9 cm³/mol. The molecule has 0 radical (unpaired) electrons. The van der Waals surface area contributed by atoms with Gasteiger partial charge in [-0.3, -0.25) is 0 Å². The van der Waals surface area contributed by atoms with Crippen LogP contribution < -0.4 is 4.90 Å². The summed E-state index contributed by atoms with van der Waals surface area (Å²) in [4.78, 5) is 10.2. The van der Waals surface area contributed by atoms with Gasteiger partial charge in [-0.05, 0) is 42.6 Å². The summed E-state index contributed by atoms with van der Waals surface area (Å²) in [6.45, 7) is 2.70. The van der Waals surface area contributed by atoms with Crippen molar-refractivity contribution in [1.82, 2.24) is 9.97 Å². The molecule has 2 heterocycles. The second-order valence-electron chi connectivity index (χ2n) is 4.32. The lowest BCUT2D eigenvalue weighted by Gasteiger charge is -2.20. The maximum atomic E-state index is 13.3. The van der Waals surface area contributed by atoms with E-state index in [4.69, 9.17) is 11.6 Å². The van der Waals surface area contributed by atoms with E-state index in [1.54, 1.807) is 6.20 Å². The standard InChI is InChI=1S/C13H11ClFN3/c1-8-7-16-13(14)17-12(8)18-5-4-9-2-3-10(15)6-11(9)18/h2-3,6-7H,4-5H2,1H3. The molecule has 0 saturated carbocycles. The molecule has 5 heteroatoms. The Morgan fingerprint density at radius 3 is 3.06 bits per heavy atom. The molecule has 0 saturated heterocycles. The second kappa shape index (κ2) is 4.21. The summed E-state index contributed by atoms with van der Waals surface area (Å²) >= 11 is 5.83. The van der Waals surface area contributed by atoms with E-state index in [0.717, 1.165) is 35.6 Å². The first kappa shape index (κ1) is 11.4. The lowest BCUT2D eigenvalue weighted by Crippen LogP contribution is -2.16. The smallest absolute Gasteiger partial charge is 0.224 e. The van der Waals surface area contributed by atoms with Crippen molar-refractivity contribution in [2.75, 3.05) is 11.4 Å². The first-order valence-corrected chi connectivity index (χ1v) is 6.08. The molecule has 0 fully saturated rings. The SMILES string of the molecule is Cc1cnc(Cl)nc1N1CCc2ccc(F)cc21. The van der Waals surface area contributed by atoms with E-state index in [0.29, 0.717) is 0 Å². The van der Waals surface area contributed by atoms with Crippen molar-refractivity contribution in [3.05, 3.63) is 46.6 Å². The van der Waals surface area contributed by atoms with Gasteiger partial charge in [0.05, 0.1) is 0 Å². The van der Waals surface area contributed by atoms with Gasteiger partial charge in [-0.25, -0.2) is 9.37 Å². The van der Waals surface area contributed by atoms with E-state index >= 15 is 0 Å². The van der Waals surface area contributed by atoms with Crippen molar-refractivity contribution in [3.63, 3.8) is 0 Å². The maximum Gasteiger partial charge on any atom is 0.224 e. The Morgan fingerprint density at radius 2 is 2.22 bits per heavy atom. The monoisotopic (exact) mass is 263 g/mol. The van der Waals surface area contributed by atoms with E-state index in [1.807, 2.05) is 17.9 Å². The second-order valence-corrected chi connectivity index (χ2v) is 4.66. The molecule has 2 aromatic rings. The summed E-state index contributed by atoms with van der Waals surface area (Å²) in [6.07, 6.45) is 2.57. The fourth-order valence-corrected chi connectivity index (χ4v) is 2.39. The van der Waals surface area contributed by atoms with Crippen LogP contribution in [0.2, 0.25) is 5.28 Å². The lowest BCUT2D eigenvalue weighted by molar-refractivity contribution is 0.628. The highest BCUT2D eigenvalue weighted by Gasteiger charge is 2.23. The number of rotatable bonds is 1. The molecule has 3 rings (SSSR count). The van der Waals surface area contributed by atoms with Crippen molar-refractivity contribution in [2.24, 2.45) is 0 Å². The number of aromatic nitrogens is 2. The van der Waals surface area contributed by atoms with Crippen LogP contribution in [-0.4, -0.2) is 16.5 Å². The highest BCUT2D eigenvalue weighted by atomic mass is 35.5. The van der Waals surface area contributed by atoms with Crippen molar-refractivity contribution in [3.8, 4) is 0 Å². The molecule has 0 spiro atoms. The normalized spacial score (nSPS) is 13.8. The minimum atomic E-state index is -0.238. The van der Waals surface area contributed by atoms with Crippen LogP contribution in [0.4, 0.5) is 15.9 Å². The first-order chi connectivity index (χ1) is 8.65. The van der Waals surface area contributed by atoms with Gasteiger partial charge in [-0.1, -0.05) is 6.07 Å². The fraction of sp³-hybridized carbons (Fsp3) is 0.231. The van der Waals surface area contributed by atoms with E-state index in [-0.39, 0.29) is 11.1 Å². The Hall–Kier alpha value is -1.68. The molecular weight excluding hydrogens is 253 g/mol. The number of aryl methyl sites for hydroxylation is 1. The number of hydrogen-bond acceptors (Lipinski definition) is 3. The minimum Gasteiger partial charge on any atom is -0.325 e. The van der Waals surface area contributed by atoms with Crippen molar-refractivity contribution in [1.29, 1.82) is 0 Å². The molecule has 0 N–H and O–H groups in total. The van der Waals surface area contributed by atoms with Gasteiger partial charge in [0.25, 0.3) is 0 Å². The third-order valence-electron chi connectivity index (χ3n) is 3.11. The van der Waals surface area contributed by atoms with Crippen LogP contribution in [0.15, 0.2) is 24.4 Å². The number of nitrogens with zero attached hydrogens (tertiary/aromatic N) is 3. The zero-order valence-electron chi connectivity index (χ0n) is 9.82. The van der Waals surface area contributed by atoms with Crippen LogP contribution in [-0.2, 0) is 6.42 Å². The summed E-state index contributed by atoms with van der Waals surface area (Å²) in [5, 5.41) is 0.209. The van der Waals surface area contributed by atoms with Crippen LogP contribution in [0.25, 0.3) is 0 Å². The van der Waals surface area contributed by atoms with E-state index in [1.165, 1.54) is 12.1 Å². The van der Waals surface area contributed by atoms with Gasteiger partial charge in [0.1, 0.15) is 11.6 Å². The Morgan fingerprint density at radius 1 is 1.39 bits per heavy atom. The summed E-state index contributed by atoms with van der Waals surface area (Å²) in [5.74, 6) is 0.512. The minimum absolute atomic E-state index is 0.209. The zero-order chi connectivity index (χ0) is 12.7. The van der Waals surface area contributed by atoms with Crippen LogP contribution in [0, 0.1) is 12.7 Å². The van der Waals surface area contributed by atoms with Gasteiger partial charge in [-0.15, -0.1) is 0 Å². The quantitative estimate of drug-likeness (QED) is 0.740. The zero-order valence-corrected chi connectivity index (χ0v) is 10.6. The molecule has 1 aliphatic heterocycles. The molecule has 1 aromatic carbocycles. The highest BCUT2D eigenvalue weighted by Crippen LogP contribution is 2.35. The summed E-state index contributed by atoms with van der Waals surface area (Å²) in [7, 11) is 0. The highest BCUT2D eigenvalue weighted by molar-refractivity contribution is 6.28. The maximum absolute atomic E-state index is 13.3. The Balaban J connectivity index is 2.11. The number of benzene rings is 1. The van der Waals surface area contributed by atoms with Gasteiger partial charge < -0.3 is 4.90 Å². The average Bonchev–Trinajstić information content (AvgIpc) is 2.75. The largest absolute Gasteiger partial charge is 0.325 e. The molecule has 0 aliphatic carbocycles. The molecular formula is C13H11ClFN3. The number of halogens is 2. The Labute approximate surface area is 109 Å². The van der Waals surface area contributed by atoms with E-state index in [9.17, 15) is 4.39 Å². The molecule has 1 aliphatic rings. The summed E-state index contributed by atoms with van der Waals surface area (Å²) < 4.78 is 13.3. The summed E-state index contributed by atoms with van der Waals surface area (Å²) in [5.41, 5.74) is 2.93. The number of hydrogen-bond donors (Lipinski definition) is 0. The van der Waals surface area contributed by atoms with Crippen LogP contribution in [0.5, 0.6) is 0 Å². The van der Waals surface area contributed by atoms with Gasteiger partial charge >= 0.3 is 0 Å². The van der Waals surface area contributed by atoms with Crippen LogP contribution >= 0.6 is 11.6 Å². The molecule has 92 valence electrons. The lowest BCUT2D eigenvalue weighted by atomic mass is 10.1. The third-order valence-corrected chi connectivity index (χ3v) is 3.30. The number of fused-ring (bicyclic) bond motifs is 1. The summed E-state index contributed by atoms with van der Waals surface area (Å²) in [6, 6.07) is 4.85. The van der Waals surface area contributed by atoms with Crippen molar-refractivity contribution >= 4 is 23.1 Å². The van der Waals surface area contributed by atoms with Crippen LogP contribution in [0.1, 0.15) is 11.1 Å². The van der Waals surface area contributed by atoms with Crippen LogP contribution in [0.3, 0.4) is 0 Å². The fourth-order valence-electron chi connectivity index (χ4n) is 2.26. The van der Waals surface area contributed by atoms with Gasteiger partial charge in [0.2, 0.25) is 5.28 Å². The van der Waals surface area contributed by atoms with E-state index in [2.05, 4.69) is 9.97 Å². The molecule has 1 aromatic heterocycles. The molecule has 0 unspecified atom stereocenters. The van der Waals surface area contributed by atoms with Gasteiger partial charge in [0.15, 0.2) is 0 Å². The Kier molecular flexibility index (Phi) is 2.67. The average molecular weight is 264 g/mol. The third kappa shape index (κ3) is 1.82. The predicted octanol–water partition coefficient (Wildman–Crippen LogP) is 3.27. The topological polar surface area (TPSA) is 29.0 Å². The van der Waals surface area contributed by atoms with E-state index < -0.39 is 0 Å².